The molecule has 0 aliphatic heterocycles. The molecule has 0 amide bonds. The topological polar surface area (TPSA) is 84.8 Å². The standard InChI is InChI=1S/C19H22N4O2/c1-5-12(2)19(13(3)25)16-8-17(15-9-21-14(4)22-10-15)23-11-18(16)20-6-7-24/h7-11,20H,5-6H2,1-4H3/b19-12+. The lowest BCUT2D eigenvalue weighted by Gasteiger charge is -2.15. The van der Waals surface area contributed by atoms with Gasteiger partial charge in [0.1, 0.15) is 12.1 Å². The van der Waals surface area contributed by atoms with Crippen LogP contribution in [0.2, 0.25) is 0 Å². The quantitative estimate of drug-likeness (QED) is 0.616. The Morgan fingerprint density at radius 3 is 2.40 bits per heavy atom. The molecule has 0 radical (unpaired) electrons. The maximum Gasteiger partial charge on any atom is 0.160 e. The van der Waals surface area contributed by atoms with Gasteiger partial charge in [0.15, 0.2) is 5.78 Å². The summed E-state index contributed by atoms with van der Waals surface area (Å²) < 4.78 is 0. The maximum absolute atomic E-state index is 12.3. The lowest BCUT2D eigenvalue weighted by molar-refractivity contribution is -0.111. The highest BCUT2D eigenvalue weighted by Crippen LogP contribution is 2.31. The number of anilines is 1. The van der Waals surface area contributed by atoms with Gasteiger partial charge in [0.2, 0.25) is 0 Å². The number of Topliss-reactive ketones (excluding diaryl/α,β-unsaturated/α-hetero) is 1. The third kappa shape index (κ3) is 4.35. The van der Waals surface area contributed by atoms with E-state index in [1.165, 1.54) is 0 Å². The highest BCUT2D eigenvalue weighted by Gasteiger charge is 2.17. The van der Waals surface area contributed by atoms with Crippen molar-refractivity contribution in [2.24, 2.45) is 0 Å². The number of allylic oxidation sites excluding steroid dienone is 2. The number of hydrogen-bond donors (Lipinski definition) is 1. The van der Waals surface area contributed by atoms with Gasteiger partial charge < -0.3 is 10.1 Å². The summed E-state index contributed by atoms with van der Waals surface area (Å²) in [5.41, 5.74) is 4.47. The second-order valence-electron chi connectivity index (χ2n) is 5.75. The average Bonchev–Trinajstić information content (AvgIpc) is 2.61. The van der Waals surface area contributed by atoms with E-state index in [1.54, 1.807) is 25.5 Å². The highest BCUT2D eigenvalue weighted by molar-refractivity contribution is 6.22. The zero-order valence-electron chi connectivity index (χ0n) is 15.0. The number of aryl methyl sites for hydroxylation is 1. The third-order valence-corrected chi connectivity index (χ3v) is 3.94. The molecule has 0 bridgehead atoms. The van der Waals surface area contributed by atoms with Crippen LogP contribution in [0.1, 0.15) is 38.6 Å². The SMILES string of the molecule is CC/C(C)=C(\C(C)=O)c1cc(-c2cnc(C)nc2)ncc1NCC=O. The summed E-state index contributed by atoms with van der Waals surface area (Å²) in [6, 6.07) is 1.84. The fraction of sp³-hybridized carbons (Fsp3) is 0.316. The van der Waals surface area contributed by atoms with E-state index in [1.807, 2.05) is 26.8 Å². The Morgan fingerprint density at radius 2 is 1.84 bits per heavy atom. The molecule has 0 unspecified atom stereocenters. The summed E-state index contributed by atoms with van der Waals surface area (Å²) in [5, 5.41) is 3.02. The van der Waals surface area contributed by atoms with Crippen molar-refractivity contribution in [2.75, 3.05) is 11.9 Å². The van der Waals surface area contributed by atoms with Crippen LogP contribution in [0.5, 0.6) is 0 Å². The second kappa shape index (κ2) is 8.28. The van der Waals surface area contributed by atoms with E-state index in [-0.39, 0.29) is 12.3 Å². The van der Waals surface area contributed by atoms with Crippen LogP contribution in [-0.2, 0) is 9.59 Å². The fourth-order valence-electron chi connectivity index (χ4n) is 2.53. The van der Waals surface area contributed by atoms with Crippen LogP contribution in [0, 0.1) is 6.92 Å². The van der Waals surface area contributed by atoms with Gasteiger partial charge >= 0.3 is 0 Å². The molecule has 0 aromatic carbocycles. The van der Waals surface area contributed by atoms with E-state index < -0.39 is 0 Å². The molecule has 2 aromatic rings. The minimum absolute atomic E-state index is 0.0224. The van der Waals surface area contributed by atoms with Crippen LogP contribution in [0.25, 0.3) is 16.8 Å². The van der Waals surface area contributed by atoms with Gasteiger partial charge in [-0.1, -0.05) is 12.5 Å². The van der Waals surface area contributed by atoms with Gasteiger partial charge in [0, 0.05) is 29.1 Å². The van der Waals surface area contributed by atoms with E-state index >= 15 is 0 Å². The van der Waals surface area contributed by atoms with Gasteiger partial charge in [-0.25, -0.2) is 9.97 Å². The number of pyridine rings is 1. The van der Waals surface area contributed by atoms with E-state index in [0.717, 1.165) is 29.4 Å². The second-order valence-corrected chi connectivity index (χ2v) is 5.75. The number of aromatic nitrogens is 3. The smallest absolute Gasteiger partial charge is 0.160 e. The lowest BCUT2D eigenvalue weighted by Crippen LogP contribution is -2.09. The van der Waals surface area contributed by atoms with Gasteiger partial charge in [0.25, 0.3) is 0 Å². The largest absolute Gasteiger partial charge is 0.377 e. The summed E-state index contributed by atoms with van der Waals surface area (Å²) in [4.78, 5) is 35.8. The Hall–Kier alpha value is -2.89. The van der Waals surface area contributed by atoms with Gasteiger partial charge in [-0.15, -0.1) is 0 Å². The van der Waals surface area contributed by atoms with Crippen molar-refractivity contribution in [2.45, 2.75) is 34.1 Å². The normalized spacial score (nSPS) is 11.7. The summed E-state index contributed by atoms with van der Waals surface area (Å²) >= 11 is 0. The Bertz CT molecular complexity index is 811. The molecular weight excluding hydrogens is 316 g/mol. The molecule has 6 nitrogen and oxygen atoms in total. The summed E-state index contributed by atoms with van der Waals surface area (Å²) in [5.74, 6) is 0.658. The molecule has 25 heavy (non-hydrogen) atoms. The van der Waals surface area contributed by atoms with Crippen molar-refractivity contribution in [1.82, 2.24) is 15.0 Å². The van der Waals surface area contributed by atoms with Crippen molar-refractivity contribution >= 4 is 23.3 Å². The Balaban J connectivity index is 2.63. The molecule has 2 heterocycles. The van der Waals surface area contributed by atoms with Crippen LogP contribution in [0.4, 0.5) is 5.69 Å². The first-order valence-corrected chi connectivity index (χ1v) is 8.15. The summed E-state index contributed by atoms with van der Waals surface area (Å²) in [7, 11) is 0. The first kappa shape index (κ1) is 18.4. The van der Waals surface area contributed by atoms with Crippen molar-refractivity contribution < 1.29 is 9.59 Å². The van der Waals surface area contributed by atoms with Crippen molar-refractivity contribution in [3.8, 4) is 11.3 Å². The fourth-order valence-corrected chi connectivity index (χ4v) is 2.53. The Labute approximate surface area is 147 Å². The zero-order valence-corrected chi connectivity index (χ0v) is 15.0. The third-order valence-electron chi connectivity index (χ3n) is 3.94. The number of carbonyl (C=O) groups is 2. The average molecular weight is 338 g/mol. The van der Waals surface area contributed by atoms with E-state index in [9.17, 15) is 9.59 Å². The predicted molar refractivity (Wildman–Crippen MR) is 98.1 cm³/mol. The molecule has 2 aromatic heterocycles. The maximum atomic E-state index is 12.3. The van der Waals surface area contributed by atoms with Crippen molar-refractivity contribution in [1.29, 1.82) is 0 Å². The zero-order chi connectivity index (χ0) is 18.4. The minimum atomic E-state index is -0.0224. The molecule has 0 spiro atoms. The van der Waals surface area contributed by atoms with Crippen molar-refractivity contribution in [3.63, 3.8) is 0 Å². The molecule has 130 valence electrons. The molecular formula is C19H22N4O2. The van der Waals surface area contributed by atoms with Crippen LogP contribution in [0.15, 0.2) is 30.2 Å². The summed E-state index contributed by atoms with van der Waals surface area (Å²) in [6.45, 7) is 7.46. The monoisotopic (exact) mass is 338 g/mol. The number of nitrogens with one attached hydrogen (secondary N) is 1. The highest BCUT2D eigenvalue weighted by atomic mass is 16.1. The number of aldehydes is 1. The van der Waals surface area contributed by atoms with Crippen LogP contribution in [0.3, 0.4) is 0 Å². The molecule has 0 fully saturated rings. The van der Waals surface area contributed by atoms with Gasteiger partial charge in [0.05, 0.1) is 24.1 Å². The number of nitrogens with zero attached hydrogens (tertiary/aromatic N) is 3. The van der Waals surface area contributed by atoms with Gasteiger partial charge in [-0.2, -0.15) is 0 Å². The number of hydrogen-bond acceptors (Lipinski definition) is 6. The van der Waals surface area contributed by atoms with Crippen LogP contribution >= 0.6 is 0 Å². The molecule has 2 rings (SSSR count). The van der Waals surface area contributed by atoms with Crippen LogP contribution < -0.4 is 5.32 Å². The van der Waals surface area contributed by atoms with Crippen LogP contribution in [-0.4, -0.2) is 33.6 Å². The van der Waals surface area contributed by atoms with E-state index in [4.69, 9.17) is 0 Å². The molecule has 0 aliphatic rings. The minimum Gasteiger partial charge on any atom is -0.377 e. The first-order valence-electron chi connectivity index (χ1n) is 8.15. The lowest BCUT2D eigenvalue weighted by atomic mass is 9.94. The molecule has 6 heteroatoms. The van der Waals surface area contributed by atoms with Gasteiger partial charge in [-0.3, -0.25) is 9.78 Å². The number of ketones is 1. The Kier molecular flexibility index (Phi) is 6.11. The Morgan fingerprint density at radius 1 is 1.16 bits per heavy atom. The van der Waals surface area contributed by atoms with E-state index in [0.29, 0.717) is 22.8 Å². The van der Waals surface area contributed by atoms with Crippen molar-refractivity contribution in [3.05, 3.63) is 41.6 Å². The number of rotatable bonds is 7. The summed E-state index contributed by atoms with van der Waals surface area (Å²) in [6.07, 6.45) is 6.58. The van der Waals surface area contributed by atoms with Gasteiger partial charge in [-0.05, 0) is 33.3 Å². The molecule has 1 N–H and O–H groups in total. The molecule has 0 aliphatic carbocycles. The predicted octanol–water partition coefficient (Wildman–Crippen LogP) is 3.23. The van der Waals surface area contributed by atoms with E-state index in [2.05, 4.69) is 20.3 Å². The molecule has 0 saturated carbocycles. The first-order chi connectivity index (χ1) is 12.0. The molecule has 0 atom stereocenters. The number of carbonyl (C=O) groups excluding carboxylic acids is 2. The molecule has 0 saturated heterocycles.